The molecule has 0 spiro atoms. The molecule has 0 saturated heterocycles. The molecule has 1 aliphatic carbocycles. The zero-order chi connectivity index (χ0) is 15.5. The number of nitrogens with zero attached hydrogens (tertiary/aromatic N) is 1. The van der Waals surface area contributed by atoms with Gasteiger partial charge in [0.15, 0.2) is 0 Å². The van der Waals surface area contributed by atoms with E-state index in [1.165, 1.54) is 30.6 Å². The maximum absolute atomic E-state index is 6.40. The Morgan fingerprint density at radius 2 is 2.10 bits per heavy atom. The Labute approximate surface area is 134 Å². The summed E-state index contributed by atoms with van der Waals surface area (Å²) in [6, 6.07) is 4.78. The van der Waals surface area contributed by atoms with Crippen molar-refractivity contribution < 1.29 is 0 Å². The third-order valence-electron chi connectivity index (χ3n) is 5.13. The molecule has 1 aromatic rings. The SMILES string of the molecule is CN(CCc1cccs1)CC1CC(C(C)(C)C)CCC1N. The molecule has 2 nitrogen and oxygen atoms in total. The standard InChI is InChI=1S/C18H32N2S/c1-18(2,3)15-7-8-17(19)14(12-15)13-20(4)10-9-16-6-5-11-21-16/h5-6,11,14-15,17H,7-10,12-13,19H2,1-4H3. The fourth-order valence-electron chi connectivity index (χ4n) is 3.53. The molecule has 3 atom stereocenters. The molecule has 0 amide bonds. The average molecular weight is 309 g/mol. The van der Waals surface area contributed by atoms with Crippen LogP contribution in [-0.4, -0.2) is 31.1 Å². The summed E-state index contributed by atoms with van der Waals surface area (Å²) < 4.78 is 0. The van der Waals surface area contributed by atoms with Gasteiger partial charge in [-0.25, -0.2) is 0 Å². The van der Waals surface area contributed by atoms with Crippen LogP contribution < -0.4 is 5.73 Å². The first-order chi connectivity index (χ1) is 9.86. The maximum atomic E-state index is 6.40. The average Bonchev–Trinajstić information content (AvgIpc) is 2.91. The highest BCUT2D eigenvalue weighted by Crippen LogP contribution is 2.40. The Hall–Kier alpha value is -0.380. The normalized spacial score (nSPS) is 27.2. The lowest BCUT2D eigenvalue weighted by Crippen LogP contribution is -2.44. The zero-order valence-electron chi connectivity index (χ0n) is 14.1. The second-order valence-electron chi connectivity index (χ2n) is 7.89. The van der Waals surface area contributed by atoms with Crippen molar-refractivity contribution in [3.05, 3.63) is 22.4 Å². The summed E-state index contributed by atoms with van der Waals surface area (Å²) in [5.74, 6) is 1.49. The Morgan fingerprint density at radius 3 is 2.71 bits per heavy atom. The molecule has 1 aromatic heterocycles. The fourth-order valence-corrected chi connectivity index (χ4v) is 4.23. The van der Waals surface area contributed by atoms with E-state index >= 15 is 0 Å². The third-order valence-corrected chi connectivity index (χ3v) is 6.07. The minimum atomic E-state index is 0.396. The molecule has 1 fully saturated rings. The largest absolute Gasteiger partial charge is 0.327 e. The van der Waals surface area contributed by atoms with E-state index in [4.69, 9.17) is 5.73 Å². The number of nitrogens with two attached hydrogens (primary N) is 1. The van der Waals surface area contributed by atoms with Crippen LogP contribution in [0.5, 0.6) is 0 Å². The first kappa shape index (κ1) is 17.0. The number of hydrogen-bond donors (Lipinski definition) is 1. The summed E-state index contributed by atoms with van der Waals surface area (Å²) >= 11 is 1.86. The van der Waals surface area contributed by atoms with Gasteiger partial charge in [-0.2, -0.15) is 0 Å². The summed E-state index contributed by atoms with van der Waals surface area (Å²) in [6.45, 7) is 9.44. The monoisotopic (exact) mass is 308 g/mol. The number of hydrogen-bond acceptors (Lipinski definition) is 3. The minimum Gasteiger partial charge on any atom is -0.327 e. The van der Waals surface area contributed by atoms with Gasteiger partial charge in [-0.15, -0.1) is 11.3 Å². The molecular weight excluding hydrogens is 276 g/mol. The smallest absolute Gasteiger partial charge is 0.00795 e. The third kappa shape index (κ3) is 5.08. The van der Waals surface area contributed by atoms with E-state index in [1.807, 2.05) is 11.3 Å². The molecule has 3 unspecified atom stereocenters. The van der Waals surface area contributed by atoms with Crippen LogP contribution in [0.4, 0.5) is 0 Å². The van der Waals surface area contributed by atoms with Crippen molar-refractivity contribution in [1.82, 2.24) is 4.90 Å². The minimum absolute atomic E-state index is 0.396. The Balaban J connectivity index is 1.82. The van der Waals surface area contributed by atoms with E-state index in [2.05, 4.69) is 50.2 Å². The molecule has 0 aromatic carbocycles. The van der Waals surface area contributed by atoms with E-state index in [-0.39, 0.29) is 0 Å². The van der Waals surface area contributed by atoms with Crippen molar-refractivity contribution >= 4 is 11.3 Å². The van der Waals surface area contributed by atoms with Gasteiger partial charge >= 0.3 is 0 Å². The summed E-state index contributed by atoms with van der Waals surface area (Å²) in [5, 5.41) is 2.17. The highest BCUT2D eigenvalue weighted by Gasteiger charge is 2.34. The second-order valence-corrected chi connectivity index (χ2v) is 8.92. The molecule has 0 bridgehead atoms. The summed E-state index contributed by atoms with van der Waals surface area (Å²) in [7, 11) is 2.25. The molecule has 2 N–H and O–H groups in total. The van der Waals surface area contributed by atoms with Crippen LogP contribution in [0, 0.1) is 17.3 Å². The van der Waals surface area contributed by atoms with Gasteiger partial charge < -0.3 is 10.6 Å². The van der Waals surface area contributed by atoms with Gasteiger partial charge in [-0.05, 0) is 61.4 Å². The van der Waals surface area contributed by atoms with Crippen molar-refractivity contribution in [1.29, 1.82) is 0 Å². The molecule has 1 heterocycles. The molecule has 21 heavy (non-hydrogen) atoms. The van der Waals surface area contributed by atoms with E-state index in [9.17, 15) is 0 Å². The Morgan fingerprint density at radius 1 is 1.33 bits per heavy atom. The Bertz CT molecular complexity index is 407. The number of thiophene rings is 1. The van der Waals surface area contributed by atoms with Gasteiger partial charge in [-0.3, -0.25) is 0 Å². The fraction of sp³-hybridized carbons (Fsp3) is 0.778. The van der Waals surface area contributed by atoms with Crippen LogP contribution in [0.3, 0.4) is 0 Å². The molecule has 0 radical (unpaired) electrons. The predicted octanol–water partition coefficient (Wildman–Crippen LogP) is 4.01. The number of likely N-dealkylation sites (N-methyl/N-ethyl adjacent to an activating group) is 1. The van der Waals surface area contributed by atoms with E-state index < -0.39 is 0 Å². The summed E-state index contributed by atoms with van der Waals surface area (Å²) in [4.78, 5) is 3.97. The highest BCUT2D eigenvalue weighted by atomic mass is 32.1. The molecule has 2 rings (SSSR count). The van der Waals surface area contributed by atoms with Crippen LogP contribution in [0.15, 0.2) is 17.5 Å². The van der Waals surface area contributed by atoms with Gasteiger partial charge in [0, 0.05) is 24.0 Å². The van der Waals surface area contributed by atoms with Crippen molar-refractivity contribution in [2.45, 2.75) is 52.5 Å². The maximum Gasteiger partial charge on any atom is 0.00795 e. The van der Waals surface area contributed by atoms with Gasteiger partial charge in [0.1, 0.15) is 0 Å². The lowest BCUT2D eigenvalue weighted by atomic mass is 9.67. The quantitative estimate of drug-likeness (QED) is 0.890. The van der Waals surface area contributed by atoms with Crippen LogP contribution in [0.25, 0.3) is 0 Å². The first-order valence-corrected chi connectivity index (χ1v) is 9.20. The first-order valence-electron chi connectivity index (χ1n) is 8.32. The van der Waals surface area contributed by atoms with Gasteiger partial charge in [0.2, 0.25) is 0 Å². The molecule has 120 valence electrons. The molecule has 0 aliphatic heterocycles. The molecular formula is C18H32N2S. The topological polar surface area (TPSA) is 29.3 Å². The van der Waals surface area contributed by atoms with Crippen molar-refractivity contribution in [2.24, 2.45) is 23.0 Å². The lowest BCUT2D eigenvalue weighted by molar-refractivity contribution is 0.106. The van der Waals surface area contributed by atoms with Crippen LogP contribution >= 0.6 is 11.3 Å². The summed E-state index contributed by atoms with van der Waals surface area (Å²) in [6.07, 6.45) is 4.97. The molecule has 3 heteroatoms. The molecule has 1 saturated carbocycles. The highest BCUT2D eigenvalue weighted by molar-refractivity contribution is 7.09. The summed E-state index contributed by atoms with van der Waals surface area (Å²) in [5.41, 5.74) is 6.82. The van der Waals surface area contributed by atoms with Crippen molar-refractivity contribution in [2.75, 3.05) is 20.1 Å². The predicted molar refractivity (Wildman–Crippen MR) is 93.8 cm³/mol. The van der Waals surface area contributed by atoms with Gasteiger partial charge in [0.25, 0.3) is 0 Å². The van der Waals surface area contributed by atoms with Gasteiger partial charge in [-0.1, -0.05) is 26.8 Å². The number of rotatable bonds is 5. The Kier molecular flexibility index (Phi) is 5.87. The zero-order valence-corrected chi connectivity index (χ0v) is 15.0. The van der Waals surface area contributed by atoms with Crippen molar-refractivity contribution in [3.8, 4) is 0 Å². The van der Waals surface area contributed by atoms with Crippen LogP contribution in [-0.2, 0) is 6.42 Å². The van der Waals surface area contributed by atoms with E-state index in [0.717, 1.165) is 19.0 Å². The van der Waals surface area contributed by atoms with E-state index in [1.54, 1.807) is 0 Å². The van der Waals surface area contributed by atoms with Crippen LogP contribution in [0.1, 0.15) is 44.9 Å². The second kappa shape index (κ2) is 7.26. The van der Waals surface area contributed by atoms with Crippen LogP contribution in [0.2, 0.25) is 0 Å². The van der Waals surface area contributed by atoms with E-state index in [0.29, 0.717) is 17.4 Å². The molecule has 1 aliphatic rings. The van der Waals surface area contributed by atoms with Crippen molar-refractivity contribution in [3.63, 3.8) is 0 Å². The lowest BCUT2D eigenvalue weighted by Gasteiger charge is -2.41. The van der Waals surface area contributed by atoms with Gasteiger partial charge in [0.05, 0.1) is 0 Å².